The first-order valence-corrected chi connectivity index (χ1v) is 8.08. The van der Waals surface area contributed by atoms with Crippen molar-refractivity contribution in [2.24, 2.45) is 0 Å². The van der Waals surface area contributed by atoms with E-state index in [0.29, 0.717) is 38.0 Å². The molecule has 1 heterocycles. The van der Waals surface area contributed by atoms with Gasteiger partial charge in [0.25, 0.3) is 18.3 Å². The Morgan fingerprint density at radius 3 is 2.60 bits per heavy atom. The molecule has 25 heavy (non-hydrogen) atoms. The van der Waals surface area contributed by atoms with Crippen molar-refractivity contribution < 1.29 is 23.9 Å². The quantitative estimate of drug-likeness (QED) is 0.397. The normalized spacial score (nSPS) is 13.2. The number of carbonyl (C=O) groups excluding carboxylic acids is 4. The first kappa shape index (κ1) is 18.4. The van der Waals surface area contributed by atoms with Crippen LogP contribution in [0.1, 0.15) is 31.2 Å². The second-order valence-corrected chi connectivity index (χ2v) is 5.63. The van der Waals surface area contributed by atoms with Crippen molar-refractivity contribution in [1.29, 1.82) is 0 Å². The number of unbranched alkanes of at least 4 members (excludes halogenated alkanes) is 2. The summed E-state index contributed by atoms with van der Waals surface area (Å²) in [5.74, 6) is -0.661. The van der Waals surface area contributed by atoms with Gasteiger partial charge in [0.1, 0.15) is 6.61 Å². The minimum atomic E-state index is -0.277. The Morgan fingerprint density at radius 1 is 1.12 bits per heavy atom. The molecule has 7 heteroatoms. The molecule has 0 saturated heterocycles. The number of benzene rings is 1. The van der Waals surface area contributed by atoms with Gasteiger partial charge in [0.15, 0.2) is 0 Å². The molecule has 0 aromatic heterocycles. The second kappa shape index (κ2) is 9.36. The van der Waals surface area contributed by atoms with Gasteiger partial charge in [-0.05, 0) is 30.5 Å². The molecule has 0 saturated carbocycles. The van der Waals surface area contributed by atoms with Crippen molar-refractivity contribution in [2.45, 2.75) is 32.3 Å². The van der Waals surface area contributed by atoms with Crippen molar-refractivity contribution in [3.8, 4) is 0 Å². The highest BCUT2D eigenvalue weighted by Crippen LogP contribution is 2.13. The van der Waals surface area contributed by atoms with Crippen LogP contribution in [-0.2, 0) is 30.5 Å². The summed E-state index contributed by atoms with van der Waals surface area (Å²) < 4.78 is 4.68. The van der Waals surface area contributed by atoms with Crippen molar-refractivity contribution in [3.05, 3.63) is 42.0 Å². The lowest BCUT2D eigenvalue weighted by molar-refractivity contribution is -0.137. The minimum absolute atomic E-state index is 0.108. The molecule has 1 aliphatic heterocycles. The monoisotopic (exact) mass is 344 g/mol. The number of hydrogen-bond acceptors (Lipinski definition) is 5. The first-order valence-electron chi connectivity index (χ1n) is 8.08. The van der Waals surface area contributed by atoms with Gasteiger partial charge >= 0.3 is 0 Å². The van der Waals surface area contributed by atoms with E-state index in [2.05, 4.69) is 10.1 Å². The lowest BCUT2D eigenvalue weighted by Crippen LogP contribution is -2.30. The predicted molar refractivity (Wildman–Crippen MR) is 90.3 cm³/mol. The highest BCUT2D eigenvalue weighted by Gasteiger charge is 2.22. The van der Waals surface area contributed by atoms with Crippen molar-refractivity contribution in [3.63, 3.8) is 0 Å². The van der Waals surface area contributed by atoms with Crippen LogP contribution in [0.25, 0.3) is 0 Å². The molecular weight excluding hydrogens is 324 g/mol. The number of rotatable bonds is 10. The van der Waals surface area contributed by atoms with Crippen LogP contribution in [0, 0.1) is 0 Å². The summed E-state index contributed by atoms with van der Waals surface area (Å²) in [7, 11) is 0. The van der Waals surface area contributed by atoms with Crippen LogP contribution in [0.4, 0.5) is 5.69 Å². The fourth-order valence-corrected chi connectivity index (χ4v) is 2.48. The summed E-state index contributed by atoms with van der Waals surface area (Å²) in [6.45, 7) is 0.922. The third-order valence-electron chi connectivity index (χ3n) is 3.71. The maximum absolute atomic E-state index is 11.9. The Morgan fingerprint density at radius 2 is 1.88 bits per heavy atom. The topological polar surface area (TPSA) is 92.8 Å². The summed E-state index contributed by atoms with van der Waals surface area (Å²) in [5, 5.41) is 2.79. The van der Waals surface area contributed by atoms with Crippen LogP contribution >= 0.6 is 0 Å². The Labute approximate surface area is 145 Å². The molecule has 0 bridgehead atoms. The van der Waals surface area contributed by atoms with E-state index < -0.39 is 0 Å². The van der Waals surface area contributed by atoms with E-state index >= 15 is 0 Å². The lowest BCUT2D eigenvalue weighted by atomic mass is 10.1. The molecule has 7 nitrogen and oxygen atoms in total. The molecule has 0 radical (unpaired) electrons. The highest BCUT2D eigenvalue weighted by molar-refractivity contribution is 6.12. The van der Waals surface area contributed by atoms with Crippen LogP contribution < -0.4 is 5.32 Å². The largest absolute Gasteiger partial charge is 0.463 e. The Balaban J connectivity index is 1.65. The molecule has 0 spiro atoms. The first-order chi connectivity index (χ1) is 12.1. The number of nitrogens with zero attached hydrogens (tertiary/aromatic N) is 1. The van der Waals surface area contributed by atoms with Gasteiger partial charge in [-0.15, -0.1) is 0 Å². The molecule has 1 N–H and O–H groups in total. The fraction of sp³-hybridized carbons (Fsp3) is 0.333. The summed E-state index contributed by atoms with van der Waals surface area (Å²) >= 11 is 0. The van der Waals surface area contributed by atoms with Gasteiger partial charge in [-0.1, -0.05) is 18.6 Å². The Hall–Kier alpha value is -2.96. The number of amides is 3. The second-order valence-electron chi connectivity index (χ2n) is 5.63. The van der Waals surface area contributed by atoms with E-state index in [1.807, 2.05) is 0 Å². The van der Waals surface area contributed by atoms with E-state index in [1.165, 1.54) is 17.1 Å². The Bertz CT molecular complexity index is 666. The zero-order chi connectivity index (χ0) is 18.1. The summed E-state index contributed by atoms with van der Waals surface area (Å²) in [4.78, 5) is 46.1. The summed E-state index contributed by atoms with van der Waals surface area (Å²) in [5.41, 5.74) is 1.44. The minimum Gasteiger partial charge on any atom is -0.463 e. The highest BCUT2D eigenvalue weighted by atomic mass is 16.5. The number of imide groups is 1. The zero-order valence-corrected chi connectivity index (χ0v) is 13.8. The average molecular weight is 344 g/mol. The van der Waals surface area contributed by atoms with E-state index in [-0.39, 0.29) is 24.3 Å². The van der Waals surface area contributed by atoms with Gasteiger partial charge in [0.2, 0.25) is 5.91 Å². The SMILES string of the molecule is O=COCc1cccc(NC(=O)CCCCCN2C(=O)C=CC2=O)c1. The standard InChI is InChI=1S/C18H20N2O5/c21-13-25-12-14-5-4-6-15(11-14)19-16(22)7-2-1-3-10-20-17(23)8-9-18(20)24/h4-6,8-9,11,13H,1-3,7,10,12H2,(H,19,22). The third kappa shape index (κ3) is 5.87. The number of nitrogens with one attached hydrogen (secondary N) is 1. The molecule has 0 unspecified atom stereocenters. The molecule has 3 amide bonds. The summed E-state index contributed by atoms with van der Waals surface area (Å²) in [6.07, 6.45) is 4.98. The van der Waals surface area contributed by atoms with Gasteiger partial charge in [0, 0.05) is 30.8 Å². The molecule has 1 aromatic carbocycles. The van der Waals surface area contributed by atoms with Gasteiger partial charge < -0.3 is 10.1 Å². The van der Waals surface area contributed by atoms with Crippen LogP contribution in [-0.4, -0.2) is 35.6 Å². The molecule has 0 aliphatic carbocycles. The number of carbonyl (C=O) groups is 4. The molecule has 2 rings (SSSR count). The van der Waals surface area contributed by atoms with Gasteiger partial charge in [0.05, 0.1) is 0 Å². The van der Waals surface area contributed by atoms with Crippen LogP contribution in [0.2, 0.25) is 0 Å². The van der Waals surface area contributed by atoms with Gasteiger partial charge in [-0.25, -0.2) is 0 Å². The van der Waals surface area contributed by atoms with Gasteiger partial charge in [-0.3, -0.25) is 24.1 Å². The van der Waals surface area contributed by atoms with Crippen molar-refractivity contribution in [2.75, 3.05) is 11.9 Å². The number of ether oxygens (including phenoxy) is 1. The fourth-order valence-electron chi connectivity index (χ4n) is 2.48. The van der Waals surface area contributed by atoms with Crippen molar-refractivity contribution in [1.82, 2.24) is 4.90 Å². The third-order valence-corrected chi connectivity index (χ3v) is 3.71. The predicted octanol–water partition coefficient (Wildman–Crippen LogP) is 1.78. The van der Waals surface area contributed by atoms with E-state index in [4.69, 9.17) is 0 Å². The van der Waals surface area contributed by atoms with E-state index in [9.17, 15) is 19.2 Å². The average Bonchev–Trinajstić information content (AvgIpc) is 2.91. The zero-order valence-electron chi connectivity index (χ0n) is 13.8. The lowest BCUT2D eigenvalue weighted by Gasteiger charge is -2.13. The molecule has 1 aromatic rings. The van der Waals surface area contributed by atoms with Crippen LogP contribution in [0.5, 0.6) is 0 Å². The molecule has 0 fully saturated rings. The van der Waals surface area contributed by atoms with Crippen molar-refractivity contribution >= 4 is 29.9 Å². The van der Waals surface area contributed by atoms with Crippen LogP contribution in [0.15, 0.2) is 36.4 Å². The van der Waals surface area contributed by atoms with E-state index in [1.54, 1.807) is 24.3 Å². The van der Waals surface area contributed by atoms with E-state index in [0.717, 1.165) is 12.0 Å². The Kier molecular flexibility index (Phi) is 6.88. The number of hydrogen-bond donors (Lipinski definition) is 1. The molecular formula is C18H20N2O5. The molecule has 0 atom stereocenters. The van der Waals surface area contributed by atoms with Gasteiger partial charge in [-0.2, -0.15) is 0 Å². The number of anilines is 1. The molecule has 132 valence electrons. The van der Waals surface area contributed by atoms with Crippen LogP contribution in [0.3, 0.4) is 0 Å². The maximum Gasteiger partial charge on any atom is 0.293 e. The summed E-state index contributed by atoms with van der Waals surface area (Å²) in [6, 6.07) is 7.09. The maximum atomic E-state index is 11.9. The molecule has 1 aliphatic rings. The smallest absolute Gasteiger partial charge is 0.293 e.